The second-order valence-corrected chi connectivity index (χ2v) is 5.72. The number of halogens is 1. The lowest BCUT2D eigenvalue weighted by atomic mass is 10.0. The average Bonchev–Trinajstić information content (AvgIpc) is 2.62. The Morgan fingerprint density at radius 1 is 0.920 bits per heavy atom. The number of carboxylic acid groups (broad SMARTS) is 1. The fourth-order valence-electron chi connectivity index (χ4n) is 2.41. The van der Waals surface area contributed by atoms with Crippen LogP contribution in [0.25, 0.3) is 0 Å². The van der Waals surface area contributed by atoms with Crippen LogP contribution in [0.3, 0.4) is 0 Å². The molecule has 0 aromatic heterocycles. The van der Waals surface area contributed by atoms with E-state index in [4.69, 9.17) is 5.11 Å². The van der Waals surface area contributed by atoms with Gasteiger partial charge in [0, 0.05) is 24.1 Å². The summed E-state index contributed by atoms with van der Waals surface area (Å²) < 4.78 is 0. The van der Waals surface area contributed by atoms with Gasteiger partial charge >= 0.3 is 5.97 Å². The molecule has 0 fully saturated rings. The summed E-state index contributed by atoms with van der Waals surface area (Å²) in [4.78, 5) is 14.0. The van der Waals surface area contributed by atoms with Crippen molar-refractivity contribution >= 4 is 17.9 Å². The highest BCUT2D eigenvalue weighted by Crippen LogP contribution is 2.09. The molecular weight excluding hydrogens is 334 g/mol. The van der Waals surface area contributed by atoms with Crippen molar-refractivity contribution in [2.45, 2.75) is 32.1 Å². The Hall–Kier alpha value is -2.39. The first-order valence-electron chi connectivity index (χ1n) is 8.33. The molecule has 0 radical (unpaired) electrons. The zero-order valence-electron chi connectivity index (χ0n) is 14.2. The third kappa shape index (κ3) is 8.87. The van der Waals surface area contributed by atoms with Gasteiger partial charge < -0.3 is 17.5 Å². The number of benzene rings is 2. The molecule has 0 atom stereocenters. The molecule has 2 aromatic carbocycles. The van der Waals surface area contributed by atoms with Gasteiger partial charge in [0.25, 0.3) is 0 Å². The van der Waals surface area contributed by atoms with E-state index in [1.165, 1.54) is 11.1 Å². The summed E-state index contributed by atoms with van der Waals surface area (Å²) in [6.07, 6.45) is 7.81. The maximum Gasteiger partial charge on any atom is 0.303 e. The standard InChI is InChI=1S/C21H23NO2.ClH/c23-21(24)14-8-7-11-19(16-15-18-9-3-1-4-10-18)17-22-20-12-5-2-6-13-20;/h1-6,9-10,12-13,16-17H,7-8,11,14-15H2,(H,23,24);1H/b19-16+,22-17?;. The zero-order valence-corrected chi connectivity index (χ0v) is 15.0. The predicted octanol–water partition coefficient (Wildman–Crippen LogP) is 0.288. The summed E-state index contributed by atoms with van der Waals surface area (Å²) in [5.74, 6) is -0.726. The van der Waals surface area contributed by atoms with Crippen molar-refractivity contribution in [1.82, 2.24) is 0 Å². The number of hydrogen-bond donors (Lipinski definition) is 2. The molecule has 0 amide bonds. The molecule has 0 unspecified atom stereocenters. The molecule has 0 saturated heterocycles. The molecule has 25 heavy (non-hydrogen) atoms. The highest BCUT2D eigenvalue weighted by Gasteiger charge is 2.02. The Balaban J connectivity index is 0.00000312. The summed E-state index contributed by atoms with van der Waals surface area (Å²) >= 11 is 0. The number of allylic oxidation sites excluding steroid dienone is 2. The van der Waals surface area contributed by atoms with Gasteiger partial charge in [-0.3, -0.25) is 4.79 Å². The maximum atomic E-state index is 10.6. The number of nitrogens with one attached hydrogen (secondary N) is 1. The maximum absolute atomic E-state index is 10.6. The molecule has 4 heteroatoms. The van der Waals surface area contributed by atoms with Crippen LogP contribution >= 0.6 is 0 Å². The Morgan fingerprint density at radius 3 is 2.16 bits per heavy atom. The van der Waals surface area contributed by atoms with Crippen LogP contribution < -0.4 is 17.4 Å². The van der Waals surface area contributed by atoms with Crippen LogP contribution in [-0.2, 0) is 11.2 Å². The van der Waals surface area contributed by atoms with E-state index in [1.807, 2.05) is 54.7 Å². The van der Waals surface area contributed by atoms with Gasteiger partial charge in [0.1, 0.15) is 0 Å². The van der Waals surface area contributed by atoms with Crippen molar-refractivity contribution in [3.63, 3.8) is 0 Å². The molecule has 0 saturated carbocycles. The molecule has 0 heterocycles. The number of carbonyl (C=O) groups is 1. The Kier molecular flexibility index (Phi) is 9.95. The first kappa shape index (κ1) is 20.7. The largest absolute Gasteiger partial charge is 1.00 e. The molecule has 2 aromatic rings. The van der Waals surface area contributed by atoms with E-state index < -0.39 is 5.97 Å². The minimum absolute atomic E-state index is 0. The van der Waals surface area contributed by atoms with E-state index in [0.29, 0.717) is 6.42 Å². The number of hydrogen-bond acceptors (Lipinski definition) is 1. The third-order valence-corrected chi connectivity index (χ3v) is 3.75. The number of rotatable bonds is 9. The van der Waals surface area contributed by atoms with Gasteiger partial charge in [0.2, 0.25) is 5.69 Å². The van der Waals surface area contributed by atoms with Gasteiger partial charge in [-0.2, -0.15) is 0 Å². The second-order valence-electron chi connectivity index (χ2n) is 5.72. The smallest absolute Gasteiger partial charge is 0.303 e. The molecule has 2 rings (SSSR count). The van der Waals surface area contributed by atoms with Gasteiger partial charge in [-0.15, -0.1) is 0 Å². The first-order chi connectivity index (χ1) is 11.7. The zero-order chi connectivity index (χ0) is 17.0. The first-order valence-corrected chi connectivity index (χ1v) is 8.33. The highest BCUT2D eigenvalue weighted by molar-refractivity contribution is 5.74. The molecule has 0 aliphatic rings. The monoisotopic (exact) mass is 357 g/mol. The SMILES string of the molecule is O=C(O)CCCC/C(C=[NH+]c1ccccc1)=C\Cc1ccccc1.[Cl-]. The van der Waals surface area contributed by atoms with E-state index in [-0.39, 0.29) is 18.8 Å². The molecular formula is C21H24ClNO2. The minimum atomic E-state index is -0.726. The van der Waals surface area contributed by atoms with Crippen LogP contribution in [0.4, 0.5) is 5.69 Å². The van der Waals surface area contributed by atoms with Gasteiger partial charge in [-0.25, -0.2) is 4.99 Å². The summed E-state index contributed by atoms with van der Waals surface area (Å²) in [6, 6.07) is 20.4. The highest BCUT2D eigenvalue weighted by atomic mass is 35.5. The van der Waals surface area contributed by atoms with Gasteiger partial charge in [0.15, 0.2) is 6.21 Å². The van der Waals surface area contributed by atoms with Crippen molar-refractivity contribution in [3.8, 4) is 0 Å². The van der Waals surface area contributed by atoms with Crippen molar-refractivity contribution in [2.75, 3.05) is 0 Å². The number of carboxylic acids is 1. The summed E-state index contributed by atoms with van der Waals surface area (Å²) in [5, 5.41) is 8.75. The lowest BCUT2D eigenvalue weighted by Crippen LogP contribution is -3.00. The Morgan fingerprint density at radius 2 is 1.52 bits per heavy atom. The Bertz CT molecular complexity index is 682. The second kappa shape index (κ2) is 12.0. The average molecular weight is 358 g/mol. The molecule has 0 aliphatic carbocycles. The lowest BCUT2D eigenvalue weighted by molar-refractivity contribution is -0.347. The molecule has 2 N–H and O–H groups in total. The van der Waals surface area contributed by atoms with Crippen molar-refractivity contribution < 1.29 is 27.3 Å². The molecule has 0 bridgehead atoms. The summed E-state index contributed by atoms with van der Waals surface area (Å²) in [7, 11) is 0. The van der Waals surface area contributed by atoms with Gasteiger partial charge in [0.05, 0.1) is 0 Å². The van der Waals surface area contributed by atoms with Gasteiger partial charge in [-0.1, -0.05) is 54.6 Å². The fourth-order valence-corrected chi connectivity index (χ4v) is 2.41. The third-order valence-electron chi connectivity index (χ3n) is 3.75. The van der Waals surface area contributed by atoms with E-state index in [0.717, 1.165) is 24.9 Å². The quantitative estimate of drug-likeness (QED) is 0.500. The van der Waals surface area contributed by atoms with Crippen LogP contribution in [0.15, 0.2) is 72.3 Å². The van der Waals surface area contributed by atoms with Crippen molar-refractivity contribution in [2.24, 2.45) is 0 Å². The lowest BCUT2D eigenvalue weighted by Gasteiger charge is -2.01. The topological polar surface area (TPSA) is 51.3 Å². The number of unbranched alkanes of at least 4 members (excludes halogenated alkanes) is 1. The molecule has 3 nitrogen and oxygen atoms in total. The molecule has 0 spiro atoms. The van der Waals surface area contributed by atoms with Crippen LogP contribution in [0.1, 0.15) is 31.2 Å². The normalized spacial score (nSPS) is 11.3. The fraction of sp³-hybridized carbons (Fsp3) is 0.238. The van der Waals surface area contributed by atoms with E-state index >= 15 is 0 Å². The molecule has 132 valence electrons. The van der Waals surface area contributed by atoms with E-state index in [2.05, 4.69) is 23.2 Å². The predicted molar refractivity (Wildman–Crippen MR) is 97.5 cm³/mol. The van der Waals surface area contributed by atoms with E-state index in [9.17, 15) is 4.79 Å². The molecule has 0 aliphatic heterocycles. The minimum Gasteiger partial charge on any atom is -1.00 e. The van der Waals surface area contributed by atoms with E-state index in [1.54, 1.807) is 0 Å². The van der Waals surface area contributed by atoms with Crippen LogP contribution in [0.5, 0.6) is 0 Å². The van der Waals surface area contributed by atoms with Crippen LogP contribution in [-0.4, -0.2) is 17.3 Å². The van der Waals surface area contributed by atoms with Crippen molar-refractivity contribution in [3.05, 3.63) is 77.9 Å². The number of aliphatic carboxylic acids is 1. The summed E-state index contributed by atoms with van der Waals surface area (Å²) in [6.45, 7) is 0. The van der Waals surface area contributed by atoms with Crippen molar-refractivity contribution in [1.29, 1.82) is 0 Å². The summed E-state index contributed by atoms with van der Waals surface area (Å²) in [5.41, 5.74) is 3.52. The Labute approximate surface area is 155 Å². The number of para-hydroxylation sites is 1. The van der Waals surface area contributed by atoms with Crippen LogP contribution in [0, 0.1) is 0 Å². The van der Waals surface area contributed by atoms with Gasteiger partial charge in [-0.05, 0) is 31.2 Å². The van der Waals surface area contributed by atoms with Crippen LogP contribution in [0.2, 0.25) is 0 Å².